The van der Waals surface area contributed by atoms with Gasteiger partial charge >= 0.3 is 6.09 Å². The van der Waals surface area contributed by atoms with Crippen LogP contribution >= 0.6 is 0 Å². The number of fused-ring (bicyclic) bond motifs is 2. The smallest absolute Gasteiger partial charge is 0.426 e. The largest absolute Gasteiger partial charge is 0.497 e. The van der Waals surface area contributed by atoms with Crippen LogP contribution in [0.5, 0.6) is 5.75 Å². The van der Waals surface area contributed by atoms with Crippen molar-refractivity contribution >= 4 is 12.0 Å². The number of nitrogens with one attached hydrogen (secondary N) is 2. The second-order valence-electron chi connectivity index (χ2n) is 6.34. The summed E-state index contributed by atoms with van der Waals surface area (Å²) in [7, 11) is 1.56. The third-order valence-corrected chi connectivity index (χ3v) is 4.94. The van der Waals surface area contributed by atoms with Crippen LogP contribution in [0.1, 0.15) is 36.0 Å². The van der Waals surface area contributed by atoms with Crippen molar-refractivity contribution in [2.24, 2.45) is 17.8 Å². The van der Waals surface area contributed by atoms with Gasteiger partial charge in [0.05, 0.1) is 13.7 Å². The third kappa shape index (κ3) is 3.75. The molecule has 3 unspecified atom stereocenters. The van der Waals surface area contributed by atoms with Crippen molar-refractivity contribution in [1.29, 1.82) is 0 Å². The normalized spacial score (nSPS) is 25.0. The maximum atomic E-state index is 11.9. The van der Waals surface area contributed by atoms with Crippen molar-refractivity contribution in [2.75, 3.05) is 13.7 Å². The number of amides is 2. The van der Waals surface area contributed by atoms with Crippen LogP contribution in [0.15, 0.2) is 24.3 Å². The maximum Gasteiger partial charge on any atom is 0.426 e. The molecule has 0 saturated heterocycles. The van der Waals surface area contributed by atoms with Gasteiger partial charge in [-0.15, -0.1) is 0 Å². The van der Waals surface area contributed by atoms with Crippen LogP contribution in [0.2, 0.25) is 0 Å². The van der Waals surface area contributed by atoms with E-state index < -0.39 is 12.0 Å². The molecular weight excluding hydrogens is 296 g/mol. The molecule has 0 aliphatic heterocycles. The summed E-state index contributed by atoms with van der Waals surface area (Å²) in [5.74, 6) is 2.29. The molecule has 2 N–H and O–H groups in total. The SMILES string of the molecule is COc1ccc(C(=O)NNC(=O)OCC2CC3CCC2C3)cc1. The lowest BCUT2D eigenvalue weighted by Gasteiger charge is -2.21. The second-order valence-corrected chi connectivity index (χ2v) is 6.34. The molecule has 3 rings (SSSR count). The third-order valence-electron chi connectivity index (χ3n) is 4.94. The first-order valence-electron chi connectivity index (χ1n) is 8.03. The van der Waals surface area contributed by atoms with E-state index in [0.717, 1.165) is 12.3 Å². The van der Waals surface area contributed by atoms with Crippen LogP contribution in [-0.4, -0.2) is 25.7 Å². The van der Waals surface area contributed by atoms with Crippen LogP contribution in [0.4, 0.5) is 4.79 Å². The van der Waals surface area contributed by atoms with Gasteiger partial charge in [0, 0.05) is 5.56 Å². The van der Waals surface area contributed by atoms with Gasteiger partial charge in [0.2, 0.25) is 0 Å². The molecule has 2 amide bonds. The highest BCUT2D eigenvalue weighted by Gasteiger charge is 2.39. The first-order chi connectivity index (χ1) is 11.2. The lowest BCUT2D eigenvalue weighted by atomic mass is 9.90. The molecule has 1 aromatic carbocycles. The number of hydrazine groups is 1. The minimum atomic E-state index is -0.616. The Morgan fingerprint density at radius 1 is 1.13 bits per heavy atom. The zero-order chi connectivity index (χ0) is 16.2. The number of benzene rings is 1. The van der Waals surface area contributed by atoms with Gasteiger partial charge in [-0.3, -0.25) is 10.2 Å². The van der Waals surface area contributed by atoms with Crippen LogP contribution in [-0.2, 0) is 4.74 Å². The zero-order valence-corrected chi connectivity index (χ0v) is 13.2. The van der Waals surface area contributed by atoms with Gasteiger partial charge in [-0.2, -0.15) is 0 Å². The minimum Gasteiger partial charge on any atom is -0.497 e. The summed E-state index contributed by atoms with van der Waals surface area (Å²) in [6.45, 7) is 0.436. The molecule has 2 saturated carbocycles. The molecule has 0 spiro atoms. The van der Waals surface area contributed by atoms with E-state index in [1.54, 1.807) is 31.4 Å². The van der Waals surface area contributed by atoms with E-state index in [1.807, 2.05) is 0 Å². The van der Waals surface area contributed by atoms with Gasteiger partial charge in [-0.05, 0) is 61.3 Å². The molecule has 0 radical (unpaired) electrons. The van der Waals surface area contributed by atoms with Crippen LogP contribution in [0, 0.1) is 17.8 Å². The zero-order valence-electron chi connectivity index (χ0n) is 13.2. The van der Waals surface area contributed by atoms with Crippen molar-refractivity contribution in [3.8, 4) is 5.75 Å². The summed E-state index contributed by atoms with van der Waals surface area (Å²) in [5, 5.41) is 0. The van der Waals surface area contributed by atoms with Gasteiger partial charge in [0.25, 0.3) is 5.91 Å². The van der Waals surface area contributed by atoms with Crippen molar-refractivity contribution in [1.82, 2.24) is 10.9 Å². The molecule has 0 aromatic heterocycles. The summed E-state index contributed by atoms with van der Waals surface area (Å²) in [6, 6.07) is 6.61. The number of methoxy groups -OCH3 is 1. The monoisotopic (exact) mass is 318 g/mol. The van der Waals surface area contributed by atoms with Gasteiger partial charge in [0.15, 0.2) is 0 Å². The fraction of sp³-hybridized carbons (Fsp3) is 0.529. The first-order valence-corrected chi connectivity index (χ1v) is 8.03. The standard InChI is InChI=1S/C17H22N2O4/c1-22-15-6-4-12(5-7-15)16(20)18-19-17(21)23-10-14-9-11-2-3-13(14)8-11/h4-7,11,13-14H,2-3,8-10H2,1H3,(H,18,20)(H,19,21). The molecule has 23 heavy (non-hydrogen) atoms. The van der Waals surface area contributed by atoms with Gasteiger partial charge in [0.1, 0.15) is 5.75 Å². The molecule has 6 nitrogen and oxygen atoms in total. The average molecular weight is 318 g/mol. The molecule has 1 aromatic rings. The molecule has 2 aliphatic carbocycles. The predicted molar refractivity (Wildman–Crippen MR) is 83.9 cm³/mol. The number of carbonyl (C=O) groups is 2. The fourth-order valence-corrected chi connectivity index (χ4v) is 3.72. The quantitative estimate of drug-likeness (QED) is 0.836. The number of ether oxygens (including phenoxy) is 2. The Morgan fingerprint density at radius 3 is 2.52 bits per heavy atom. The summed E-state index contributed by atoms with van der Waals surface area (Å²) in [5.41, 5.74) is 5.06. The number of hydrogen-bond donors (Lipinski definition) is 2. The Hall–Kier alpha value is -2.24. The lowest BCUT2D eigenvalue weighted by molar-refractivity contribution is 0.0873. The summed E-state index contributed by atoms with van der Waals surface area (Å²) in [4.78, 5) is 23.6. The van der Waals surface area contributed by atoms with E-state index in [9.17, 15) is 9.59 Å². The van der Waals surface area contributed by atoms with Gasteiger partial charge in [-0.1, -0.05) is 6.42 Å². The van der Waals surface area contributed by atoms with E-state index in [2.05, 4.69) is 10.9 Å². The summed E-state index contributed by atoms with van der Waals surface area (Å²) < 4.78 is 10.2. The molecule has 2 aliphatic rings. The fourth-order valence-electron chi connectivity index (χ4n) is 3.72. The molecule has 3 atom stereocenters. The van der Waals surface area contributed by atoms with Crippen LogP contribution < -0.4 is 15.6 Å². The van der Waals surface area contributed by atoms with Crippen LogP contribution in [0.25, 0.3) is 0 Å². The second kappa shape index (κ2) is 6.89. The number of rotatable bonds is 4. The number of carbonyl (C=O) groups excluding carboxylic acids is 2. The first kappa shape index (κ1) is 15.6. The lowest BCUT2D eigenvalue weighted by Crippen LogP contribution is -2.42. The summed E-state index contributed by atoms with van der Waals surface area (Å²) >= 11 is 0. The molecule has 2 fully saturated rings. The van der Waals surface area contributed by atoms with E-state index in [0.29, 0.717) is 29.8 Å². The highest BCUT2D eigenvalue weighted by molar-refractivity contribution is 5.95. The molecule has 6 heteroatoms. The summed E-state index contributed by atoms with van der Waals surface area (Å²) in [6.07, 6.45) is 4.41. The van der Waals surface area contributed by atoms with Crippen molar-refractivity contribution in [3.63, 3.8) is 0 Å². The van der Waals surface area contributed by atoms with Crippen molar-refractivity contribution in [2.45, 2.75) is 25.7 Å². The Labute approximate surface area is 135 Å². The molecule has 0 heterocycles. The Balaban J connectivity index is 1.39. The Bertz CT molecular complexity index is 572. The average Bonchev–Trinajstić information content (AvgIpc) is 3.21. The van der Waals surface area contributed by atoms with Gasteiger partial charge in [-0.25, -0.2) is 10.2 Å². The van der Waals surface area contributed by atoms with E-state index in [4.69, 9.17) is 9.47 Å². The predicted octanol–water partition coefficient (Wildman–Crippen LogP) is 2.50. The molecular formula is C17H22N2O4. The van der Waals surface area contributed by atoms with E-state index in [-0.39, 0.29) is 0 Å². The molecule has 2 bridgehead atoms. The maximum absolute atomic E-state index is 11.9. The highest BCUT2D eigenvalue weighted by Crippen LogP contribution is 2.48. The van der Waals surface area contributed by atoms with Crippen molar-refractivity contribution in [3.05, 3.63) is 29.8 Å². The van der Waals surface area contributed by atoms with E-state index in [1.165, 1.54) is 19.3 Å². The number of hydrogen-bond acceptors (Lipinski definition) is 4. The molecule has 124 valence electrons. The topological polar surface area (TPSA) is 76.7 Å². The van der Waals surface area contributed by atoms with Crippen LogP contribution in [0.3, 0.4) is 0 Å². The van der Waals surface area contributed by atoms with E-state index >= 15 is 0 Å². The van der Waals surface area contributed by atoms with Gasteiger partial charge < -0.3 is 9.47 Å². The highest BCUT2D eigenvalue weighted by atomic mass is 16.6. The van der Waals surface area contributed by atoms with Crippen molar-refractivity contribution < 1.29 is 19.1 Å². The Morgan fingerprint density at radius 2 is 1.91 bits per heavy atom. The Kier molecular flexibility index (Phi) is 4.69. The minimum absolute atomic E-state index is 0.399.